The second kappa shape index (κ2) is 6.16. The predicted molar refractivity (Wildman–Crippen MR) is 67.9 cm³/mol. The first-order valence-corrected chi connectivity index (χ1v) is 8.53. The highest BCUT2D eigenvalue weighted by molar-refractivity contribution is 7.91. The molecule has 1 saturated heterocycles. The molecule has 2 rings (SSSR count). The minimum Gasteiger partial charge on any atom is -0.377 e. The highest BCUT2D eigenvalue weighted by Gasteiger charge is 2.23. The fraction of sp³-hybridized carbons (Fsp3) is 1.00. The monoisotopic (exact) mass is 261 g/mol. The maximum atomic E-state index is 11.2. The molecule has 0 bridgehead atoms. The molecular formula is C12H23NO3S. The molecule has 0 atom stereocenters. The van der Waals surface area contributed by atoms with Crippen LogP contribution in [0.25, 0.3) is 0 Å². The van der Waals surface area contributed by atoms with Crippen LogP contribution in [0.2, 0.25) is 0 Å². The van der Waals surface area contributed by atoms with Crippen molar-refractivity contribution in [3.63, 3.8) is 0 Å². The number of nitrogens with one attached hydrogen (secondary N) is 1. The van der Waals surface area contributed by atoms with E-state index < -0.39 is 9.84 Å². The van der Waals surface area contributed by atoms with Crippen molar-refractivity contribution in [1.29, 1.82) is 0 Å². The molecule has 0 aromatic rings. The molecule has 1 heterocycles. The Kier molecular flexibility index (Phi) is 4.82. The molecule has 4 nitrogen and oxygen atoms in total. The molecule has 1 saturated carbocycles. The van der Waals surface area contributed by atoms with Gasteiger partial charge >= 0.3 is 0 Å². The van der Waals surface area contributed by atoms with Crippen LogP contribution in [0.4, 0.5) is 0 Å². The Morgan fingerprint density at radius 1 is 1.06 bits per heavy atom. The van der Waals surface area contributed by atoms with E-state index >= 15 is 0 Å². The van der Waals surface area contributed by atoms with Crippen LogP contribution in [-0.4, -0.2) is 45.2 Å². The number of sulfone groups is 1. The zero-order valence-corrected chi connectivity index (χ0v) is 11.2. The van der Waals surface area contributed by atoms with Crippen LogP contribution in [0, 0.1) is 0 Å². The lowest BCUT2D eigenvalue weighted by Gasteiger charge is -2.23. The minimum atomic E-state index is -2.73. The summed E-state index contributed by atoms with van der Waals surface area (Å²) in [6.45, 7) is 1.61. The first-order chi connectivity index (χ1) is 8.16. The second-order valence-electron chi connectivity index (χ2n) is 5.16. The lowest BCUT2D eigenvalue weighted by molar-refractivity contribution is 0.0590. The molecule has 0 amide bonds. The van der Waals surface area contributed by atoms with Crippen LogP contribution in [0.5, 0.6) is 0 Å². The van der Waals surface area contributed by atoms with Crippen molar-refractivity contribution in [3.8, 4) is 0 Å². The minimum absolute atomic E-state index is 0.341. The van der Waals surface area contributed by atoms with Gasteiger partial charge in [-0.2, -0.15) is 0 Å². The highest BCUT2D eigenvalue weighted by Crippen LogP contribution is 2.20. The Morgan fingerprint density at radius 2 is 1.71 bits per heavy atom. The molecule has 2 aliphatic rings. The molecular weight excluding hydrogens is 238 g/mol. The molecule has 0 radical (unpaired) electrons. The molecule has 2 fully saturated rings. The van der Waals surface area contributed by atoms with Gasteiger partial charge in [-0.25, -0.2) is 8.42 Å². The van der Waals surface area contributed by atoms with Gasteiger partial charge in [0, 0.05) is 12.6 Å². The first-order valence-electron chi connectivity index (χ1n) is 6.71. The SMILES string of the molecule is O=S1(=O)CCC(NCCOC2CCCC2)CC1. The zero-order valence-electron chi connectivity index (χ0n) is 10.4. The van der Waals surface area contributed by atoms with Gasteiger partial charge in [0.05, 0.1) is 24.2 Å². The van der Waals surface area contributed by atoms with Gasteiger partial charge in [-0.3, -0.25) is 0 Å². The van der Waals surface area contributed by atoms with Gasteiger partial charge in [-0.15, -0.1) is 0 Å². The standard InChI is InChI=1S/C12H23NO3S/c14-17(15)9-5-11(6-10-17)13-7-8-16-12-3-1-2-4-12/h11-13H,1-10H2. The van der Waals surface area contributed by atoms with Crippen molar-refractivity contribution < 1.29 is 13.2 Å². The maximum absolute atomic E-state index is 11.2. The van der Waals surface area contributed by atoms with E-state index in [9.17, 15) is 8.42 Å². The molecule has 1 aliphatic heterocycles. The fourth-order valence-corrected chi connectivity index (χ4v) is 4.13. The normalized spacial score (nSPS) is 26.4. The van der Waals surface area contributed by atoms with Crippen LogP contribution in [-0.2, 0) is 14.6 Å². The summed E-state index contributed by atoms with van der Waals surface area (Å²) < 4.78 is 28.2. The van der Waals surface area contributed by atoms with Gasteiger partial charge in [-0.1, -0.05) is 12.8 Å². The van der Waals surface area contributed by atoms with Crippen molar-refractivity contribution >= 4 is 9.84 Å². The molecule has 0 unspecified atom stereocenters. The van der Waals surface area contributed by atoms with Gasteiger partial charge < -0.3 is 10.1 Å². The predicted octanol–water partition coefficient (Wildman–Crippen LogP) is 1.11. The van der Waals surface area contributed by atoms with Crippen molar-refractivity contribution in [2.75, 3.05) is 24.7 Å². The summed E-state index contributed by atoms with van der Waals surface area (Å²) in [5.41, 5.74) is 0. The average Bonchev–Trinajstić information content (AvgIpc) is 2.79. The summed E-state index contributed by atoms with van der Waals surface area (Å²) >= 11 is 0. The lowest BCUT2D eigenvalue weighted by atomic mass is 10.1. The first kappa shape index (κ1) is 13.3. The summed E-state index contributed by atoms with van der Waals surface area (Å²) in [6, 6.07) is 0.366. The van der Waals surface area contributed by atoms with Gasteiger partial charge in [0.15, 0.2) is 0 Å². The molecule has 17 heavy (non-hydrogen) atoms. The van der Waals surface area contributed by atoms with Gasteiger partial charge in [0.2, 0.25) is 0 Å². The smallest absolute Gasteiger partial charge is 0.150 e. The van der Waals surface area contributed by atoms with E-state index in [1.165, 1.54) is 25.7 Å². The molecule has 1 aliphatic carbocycles. The molecule has 0 spiro atoms. The van der Waals surface area contributed by atoms with Crippen molar-refractivity contribution in [3.05, 3.63) is 0 Å². The van der Waals surface area contributed by atoms with Crippen molar-refractivity contribution in [2.24, 2.45) is 0 Å². The molecule has 0 aromatic heterocycles. The van der Waals surface area contributed by atoms with Gasteiger partial charge in [0.25, 0.3) is 0 Å². The number of ether oxygens (including phenoxy) is 1. The summed E-state index contributed by atoms with van der Waals surface area (Å²) in [7, 11) is -2.73. The Bertz CT molecular complexity index is 309. The third-order valence-electron chi connectivity index (χ3n) is 3.75. The van der Waals surface area contributed by atoms with Crippen LogP contribution < -0.4 is 5.32 Å². The Hall–Kier alpha value is -0.130. The molecule has 0 aromatic carbocycles. The molecule has 5 heteroatoms. The van der Waals surface area contributed by atoms with Crippen LogP contribution in [0.1, 0.15) is 38.5 Å². The average molecular weight is 261 g/mol. The fourth-order valence-electron chi connectivity index (χ4n) is 2.64. The summed E-state index contributed by atoms with van der Waals surface area (Å²) in [4.78, 5) is 0. The van der Waals surface area contributed by atoms with Gasteiger partial charge in [0.1, 0.15) is 9.84 Å². The third kappa shape index (κ3) is 4.56. The zero-order chi connectivity index (χ0) is 12.1. The van der Waals surface area contributed by atoms with E-state index in [0.717, 1.165) is 26.0 Å². The van der Waals surface area contributed by atoms with E-state index in [-0.39, 0.29) is 0 Å². The van der Waals surface area contributed by atoms with Crippen LogP contribution in [0.3, 0.4) is 0 Å². The third-order valence-corrected chi connectivity index (χ3v) is 5.46. The quantitative estimate of drug-likeness (QED) is 0.753. The second-order valence-corrected chi connectivity index (χ2v) is 7.46. The van der Waals surface area contributed by atoms with E-state index in [4.69, 9.17) is 4.74 Å². The molecule has 100 valence electrons. The van der Waals surface area contributed by atoms with E-state index in [1.807, 2.05) is 0 Å². The summed E-state index contributed by atoms with van der Waals surface area (Å²) in [5.74, 6) is 0.683. The Labute approximate surface area is 104 Å². The molecule has 1 N–H and O–H groups in total. The van der Waals surface area contributed by atoms with Crippen LogP contribution in [0.15, 0.2) is 0 Å². The van der Waals surface area contributed by atoms with E-state index in [0.29, 0.717) is 23.7 Å². The van der Waals surface area contributed by atoms with E-state index in [2.05, 4.69) is 5.32 Å². The Morgan fingerprint density at radius 3 is 2.35 bits per heavy atom. The van der Waals surface area contributed by atoms with Crippen LogP contribution >= 0.6 is 0 Å². The Balaban J connectivity index is 1.53. The maximum Gasteiger partial charge on any atom is 0.150 e. The number of hydrogen-bond acceptors (Lipinski definition) is 4. The summed E-state index contributed by atoms with van der Waals surface area (Å²) in [6.07, 6.45) is 7.02. The number of rotatable bonds is 5. The van der Waals surface area contributed by atoms with Gasteiger partial charge in [-0.05, 0) is 25.7 Å². The lowest BCUT2D eigenvalue weighted by Crippen LogP contribution is -2.39. The van der Waals surface area contributed by atoms with Crippen molar-refractivity contribution in [1.82, 2.24) is 5.32 Å². The number of hydrogen-bond donors (Lipinski definition) is 1. The van der Waals surface area contributed by atoms with E-state index in [1.54, 1.807) is 0 Å². The van der Waals surface area contributed by atoms with Crippen molar-refractivity contribution in [2.45, 2.75) is 50.7 Å². The largest absolute Gasteiger partial charge is 0.377 e. The topological polar surface area (TPSA) is 55.4 Å². The summed E-state index contributed by atoms with van der Waals surface area (Å²) in [5, 5.41) is 3.39. The highest BCUT2D eigenvalue weighted by atomic mass is 32.2.